The quantitative estimate of drug-likeness (QED) is 0.179. The molecule has 2 aromatic heterocycles. The topological polar surface area (TPSA) is 176 Å². The zero-order valence-electron chi connectivity index (χ0n) is 20.1. The molecule has 0 radical (unpaired) electrons. The molecule has 38 heavy (non-hydrogen) atoms. The Morgan fingerprint density at radius 2 is 2.03 bits per heavy atom. The maximum absolute atomic E-state index is 13.7. The van der Waals surface area contributed by atoms with E-state index in [1.54, 1.807) is 6.92 Å². The molecule has 2 saturated carbocycles. The summed E-state index contributed by atoms with van der Waals surface area (Å²) in [5, 5.41) is 51.6. The van der Waals surface area contributed by atoms with E-state index in [1.165, 1.54) is 28.6 Å². The fourth-order valence-corrected chi connectivity index (χ4v) is 5.29. The van der Waals surface area contributed by atoms with Crippen LogP contribution in [0.5, 0.6) is 0 Å². The molecule has 0 aliphatic heterocycles. The molecular weight excluding hydrogens is 526 g/mol. The number of aromatic nitrogens is 5. The minimum Gasteiger partial charge on any atom is -0.480 e. The van der Waals surface area contributed by atoms with Crippen molar-refractivity contribution >= 4 is 34.7 Å². The van der Waals surface area contributed by atoms with Crippen molar-refractivity contribution in [1.29, 1.82) is 0 Å². The Labute approximate surface area is 219 Å². The number of thioether (sulfide) groups is 1. The van der Waals surface area contributed by atoms with Gasteiger partial charge < -0.3 is 30.5 Å². The summed E-state index contributed by atoms with van der Waals surface area (Å²) in [5.74, 6) is -2.45. The number of nitrogens with zero attached hydrogens (tertiary/aromatic N) is 5. The number of ether oxygens (including phenoxy) is 1. The van der Waals surface area contributed by atoms with E-state index in [4.69, 9.17) is 9.84 Å². The molecule has 2 aliphatic carbocycles. The van der Waals surface area contributed by atoms with Gasteiger partial charge in [0.25, 0.3) is 0 Å². The van der Waals surface area contributed by atoms with Crippen LogP contribution in [-0.4, -0.2) is 94.2 Å². The van der Waals surface area contributed by atoms with Crippen molar-refractivity contribution in [2.75, 3.05) is 17.7 Å². The molecule has 0 amide bonds. The molecule has 7 unspecified atom stereocenters. The molecule has 5 N–H and O–H groups in total. The van der Waals surface area contributed by atoms with E-state index in [9.17, 15) is 28.9 Å². The number of nitrogens with one attached hydrogen (secondary N) is 1. The average molecular weight is 553 g/mol. The SMILES string of the molecule is CC(O)CSc1nc(NC2CC2c2ccc(F)c(F)c2)c2nnn(C3CC(OCC(=O)O)C(O)C3O)c2n1. The number of carbonyl (C=O) groups is 1. The van der Waals surface area contributed by atoms with Crippen LogP contribution >= 0.6 is 11.8 Å². The van der Waals surface area contributed by atoms with Gasteiger partial charge in [0, 0.05) is 24.1 Å². The second kappa shape index (κ2) is 10.6. The molecule has 5 rings (SSSR count). The monoisotopic (exact) mass is 552 g/mol. The second-order valence-corrected chi connectivity index (χ2v) is 10.5. The van der Waals surface area contributed by atoms with Crippen molar-refractivity contribution < 1.29 is 38.7 Å². The van der Waals surface area contributed by atoms with E-state index in [0.717, 1.165) is 6.07 Å². The highest BCUT2D eigenvalue weighted by atomic mass is 32.2. The van der Waals surface area contributed by atoms with Gasteiger partial charge in [-0.25, -0.2) is 28.2 Å². The summed E-state index contributed by atoms with van der Waals surface area (Å²) in [6.45, 7) is 0.997. The van der Waals surface area contributed by atoms with Gasteiger partial charge in [-0.1, -0.05) is 23.0 Å². The molecule has 204 valence electrons. The smallest absolute Gasteiger partial charge is 0.329 e. The van der Waals surface area contributed by atoms with Gasteiger partial charge in [0.2, 0.25) is 0 Å². The molecule has 0 bridgehead atoms. The number of anilines is 1. The molecule has 0 saturated heterocycles. The first-order valence-electron chi connectivity index (χ1n) is 12.0. The Kier molecular flexibility index (Phi) is 7.46. The first-order valence-corrected chi connectivity index (χ1v) is 13.0. The number of aliphatic carboxylic acids is 1. The van der Waals surface area contributed by atoms with Crippen LogP contribution in [0.25, 0.3) is 11.2 Å². The maximum Gasteiger partial charge on any atom is 0.329 e. The standard InChI is InChI=1S/C23H26F2N6O6S/c1-9(32)8-38-23-27-21(26-14-5-11(14)10-2-3-12(24)13(25)4-10)18-22(28-23)31(30-29-18)15-6-16(20(36)19(15)35)37-7-17(33)34/h2-4,9,11,14-16,19-20,32,35-36H,5-8H2,1H3,(H,33,34)(H,26,27,28). The number of benzene rings is 1. The molecule has 3 aromatic rings. The van der Waals surface area contributed by atoms with Gasteiger partial charge in [-0.3, -0.25) is 0 Å². The summed E-state index contributed by atoms with van der Waals surface area (Å²) < 4.78 is 33.7. The van der Waals surface area contributed by atoms with Gasteiger partial charge in [-0.2, -0.15) is 0 Å². The number of aliphatic hydroxyl groups excluding tert-OH is 3. The van der Waals surface area contributed by atoms with Crippen LogP contribution < -0.4 is 5.32 Å². The van der Waals surface area contributed by atoms with Gasteiger partial charge in [0.1, 0.15) is 18.8 Å². The Bertz CT molecular complexity index is 1350. The van der Waals surface area contributed by atoms with Gasteiger partial charge in [0.05, 0.1) is 18.2 Å². The summed E-state index contributed by atoms with van der Waals surface area (Å²) in [7, 11) is 0. The number of aliphatic hydroxyl groups is 3. The van der Waals surface area contributed by atoms with Crippen LogP contribution in [0.2, 0.25) is 0 Å². The molecule has 15 heteroatoms. The molecule has 0 spiro atoms. The number of hydrogen-bond acceptors (Lipinski definition) is 11. The Balaban J connectivity index is 1.43. The first kappa shape index (κ1) is 26.6. The lowest BCUT2D eigenvalue weighted by atomic mass is 10.1. The number of fused-ring (bicyclic) bond motifs is 1. The number of hydrogen-bond donors (Lipinski definition) is 5. The van der Waals surface area contributed by atoms with Crippen LogP contribution in [0.15, 0.2) is 23.4 Å². The third kappa shape index (κ3) is 5.42. The fourth-order valence-electron chi connectivity index (χ4n) is 4.59. The zero-order chi connectivity index (χ0) is 27.1. The van der Waals surface area contributed by atoms with Gasteiger partial charge in [-0.15, -0.1) is 5.10 Å². The van der Waals surface area contributed by atoms with Crippen LogP contribution in [0.3, 0.4) is 0 Å². The van der Waals surface area contributed by atoms with Crippen molar-refractivity contribution in [1.82, 2.24) is 25.0 Å². The minimum absolute atomic E-state index is 0.0673. The van der Waals surface area contributed by atoms with Gasteiger partial charge in [0.15, 0.2) is 33.8 Å². The van der Waals surface area contributed by atoms with E-state index < -0.39 is 54.7 Å². The number of halogens is 2. The Hall–Kier alpha value is -2.98. The number of rotatable bonds is 10. The van der Waals surface area contributed by atoms with E-state index in [-0.39, 0.29) is 24.0 Å². The minimum atomic E-state index is -1.34. The van der Waals surface area contributed by atoms with Crippen molar-refractivity contribution in [2.24, 2.45) is 0 Å². The molecular formula is C23H26F2N6O6S. The highest BCUT2D eigenvalue weighted by Gasteiger charge is 2.45. The Morgan fingerprint density at radius 3 is 2.74 bits per heavy atom. The highest BCUT2D eigenvalue weighted by Crippen LogP contribution is 2.44. The summed E-state index contributed by atoms with van der Waals surface area (Å²) in [6, 6.07) is 2.87. The maximum atomic E-state index is 13.7. The molecule has 12 nitrogen and oxygen atoms in total. The average Bonchev–Trinajstić information content (AvgIpc) is 3.41. The normalized spacial score (nSPS) is 27.5. The van der Waals surface area contributed by atoms with Crippen LogP contribution in [0, 0.1) is 11.6 Å². The molecule has 7 atom stereocenters. The fraction of sp³-hybridized carbons (Fsp3) is 0.522. The van der Waals surface area contributed by atoms with Crippen molar-refractivity contribution in [3.63, 3.8) is 0 Å². The van der Waals surface area contributed by atoms with E-state index in [0.29, 0.717) is 34.2 Å². The molecule has 1 aromatic carbocycles. The number of carboxylic acid groups (broad SMARTS) is 1. The van der Waals surface area contributed by atoms with E-state index in [2.05, 4.69) is 25.6 Å². The van der Waals surface area contributed by atoms with Crippen molar-refractivity contribution in [3.05, 3.63) is 35.4 Å². The number of carboxylic acids is 1. The third-order valence-corrected chi connectivity index (χ3v) is 7.66. The third-order valence-electron chi connectivity index (χ3n) is 6.58. The van der Waals surface area contributed by atoms with Crippen molar-refractivity contribution in [3.8, 4) is 0 Å². The highest BCUT2D eigenvalue weighted by molar-refractivity contribution is 7.99. The molecule has 2 fully saturated rings. The zero-order valence-corrected chi connectivity index (χ0v) is 20.9. The lowest BCUT2D eigenvalue weighted by Crippen LogP contribution is -2.33. The summed E-state index contributed by atoms with van der Waals surface area (Å²) in [4.78, 5) is 19.9. The summed E-state index contributed by atoms with van der Waals surface area (Å²) in [5.41, 5.74) is 1.20. The van der Waals surface area contributed by atoms with Gasteiger partial charge >= 0.3 is 5.97 Å². The van der Waals surface area contributed by atoms with Crippen LogP contribution in [0.4, 0.5) is 14.6 Å². The van der Waals surface area contributed by atoms with Gasteiger partial charge in [-0.05, 0) is 31.0 Å². The predicted octanol–water partition coefficient (Wildman–Crippen LogP) is 1.08. The summed E-state index contributed by atoms with van der Waals surface area (Å²) in [6.07, 6.45) is -3.50. The molecule has 2 heterocycles. The second-order valence-electron chi connectivity index (χ2n) is 9.52. The van der Waals surface area contributed by atoms with E-state index >= 15 is 0 Å². The lowest BCUT2D eigenvalue weighted by molar-refractivity contribution is -0.147. The Morgan fingerprint density at radius 1 is 1.24 bits per heavy atom. The van der Waals surface area contributed by atoms with Crippen LogP contribution in [-0.2, 0) is 9.53 Å². The summed E-state index contributed by atoms with van der Waals surface area (Å²) >= 11 is 1.20. The lowest BCUT2D eigenvalue weighted by Gasteiger charge is -2.17. The van der Waals surface area contributed by atoms with Crippen molar-refractivity contribution in [2.45, 2.75) is 67.3 Å². The largest absolute Gasteiger partial charge is 0.480 e. The molecule has 2 aliphatic rings. The predicted molar refractivity (Wildman–Crippen MR) is 130 cm³/mol. The first-order chi connectivity index (χ1) is 18.1. The van der Waals surface area contributed by atoms with E-state index in [1.807, 2.05) is 0 Å². The van der Waals surface area contributed by atoms with Crippen LogP contribution in [0.1, 0.15) is 37.3 Å².